The van der Waals surface area contributed by atoms with Crippen LogP contribution in [0.25, 0.3) is 0 Å². The third kappa shape index (κ3) is 5.99. The van der Waals surface area contributed by atoms with Crippen LogP contribution < -0.4 is 10.6 Å². The van der Waals surface area contributed by atoms with Crippen molar-refractivity contribution in [3.63, 3.8) is 0 Å². The van der Waals surface area contributed by atoms with E-state index in [1.54, 1.807) is 12.1 Å². The molecule has 1 aromatic carbocycles. The Kier molecular flexibility index (Phi) is 7.73. The first kappa shape index (κ1) is 17.1. The quantitative estimate of drug-likeness (QED) is 0.594. The molecule has 0 radical (unpaired) electrons. The highest BCUT2D eigenvalue weighted by Crippen LogP contribution is 2.22. The Morgan fingerprint density at radius 3 is 2.40 bits per heavy atom. The lowest BCUT2D eigenvalue weighted by Gasteiger charge is -2.07. The number of halogens is 3. The molecule has 0 unspecified atom stereocenters. The second kappa shape index (κ2) is 9.06. The SMILES string of the molecule is O=C(CCCCl)NCCNC(=O)c1ccc(Cl)c(Cl)c1. The molecule has 0 fully saturated rings. The summed E-state index contributed by atoms with van der Waals surface area (Å²) in [6.07, 6.45) is 1.03. The van der Waals surface area contributed by atoms with E-state index in [0.717, 1.165) is 0 Å². The van der Waals surface area contributed by atoms with E-state index in [9.17, 15) is 9.59 Å². The Bertz CT molecular complexity index is 481. The van der Waals surface area contributed by atoms with Gasteiger partial charge in [0.1, 0.15) is 0 Å². The third-order valence-electron chi connectivity index (χ3n) is 2.45. The Balaban J connectivity index is 2.29. The lowest BCUT2D eigenvalue weighted by atomic mass is 10.2. The summed E-state index contributed by atoms with van der Waals surface area (Å²) in [4.78, 5) is 23.1. The van der Waals surface area contributed by atoms with Crippen molar-refractivity contribution in [2.24, 2.45) is 0 Å². The van der Waals surface area contributed by atoms with Gasteiger partial charge in [-0.15, -0.1) is 11.6 Å². The van der Waals surface area contributed by atoms with Crippen LogP contribution in [0.3, 0.4) is 0 Å². The molecule has 0 aromatic heterocycles. The minimum Gasteiger partial charge on any atom is -0.354 e. The zero-order valence-corrected chi connectivity index (χ0v) is 13.0. The average molecular weight is 338 g/mol. The van der Waals surface area contributed by atoms with Crippen molar-refractivity contribution in [3.05, 3.63) is 33.8 Å². The van der Waals surface area contributed by atoms with Gasteiger partial charge in [-0.25, -0.2) is 0 Å². The standard InChI is InChI=1S/C13H15Cl3N2O2/c14-5-1-2-12(19)17-6-7-18-13(20)9-3-4-10(15)11(16)8-9/h3-4,8H,1-2,5-7H2,(H,17,19)(H,18,20). The highest BCUT2D eigenvalue weighted by molar-refractivity contribution is 6.42. The Hall–Kier alpha value is -0.970. The van der Waals surface area contributed by atoms with Crippen LogP contribution in [0.15, 0.2) is 18.2 Å². The molecule has 7 heteroatoms. The maximum absolute atomic E-state index is 11.8. The molecular weight excluding hydrogens is 323 g/mol. The topological polar surface area (TPSA) is 58.2 Å². The van der Waals surface area contributed by atoms with Crippen molar-refractivity contribution in [2.75, 3.05) is 19.0 Å². The van der Waals surface area contributed by atoms with Gasteiger partial charge in [-0.05, 0) is 24.6 Å². The first-order valence-electron chi connectivity index (χ1n) is 6.10. The van der Waals surface area contributed by atoms with E-state index in [1.807, 2.05) is 0 Å². The number of amides is 2. The summed E-state index contributed by atoms with van der Waals surface area (Å²) in [5, 5.41) is 6.09. The van der Waals surface area contributed by atoms with Gasteiger partial charge in [0.15, 0.2) is 0 Å². The second-order valence-electron chi connectivity index (χ2n) is 4.03. The Morgan fingerprint density at radius 1 is 1.05 bits per heavy atom. The maximum atomic E-state index is 11.8. The van der Waals surface area contributed by atoms with Crippen LogP contribution in [0, 0.1) is 0 Å². The molecule has 0 saturated carbocycles. The van der Waals surface area contributed by atoms with Crippen LogP contribution in [0.5, 0.6) is 0 Å². The molecule has 0 saturated heterocycles. The largest absolute Gasteiger partial charge is 0.354 e. The summed E-state index contributed by atoms with van der Waals surface area (Å²) in [6.45, 7) is 0.708. The molecule has 20 heavy (non-hydrogen) atoms. The van der Waals surface area contributed by atoms with E-state index < -0.39 is 0 Å². The molecule has 0 aliphatic carbocycles. The van der Waals surface area contributed by atoms with E-state index >= 15 is 0 Å². The van der Waals surface area contributed by atoms with E-state index in [0.29, 0.717) is 47.4 Å². The van der Waals surface area contributed by atoms with Crippen molar-refractivity contribution in [2.45, 2.75) is 12.8 Å². The minimum absolute atomic E-state index is 0.0746. The van der Waals surface area contributed by atoms with Crippen LogP contribution in [0.2, 0.25) is 10.0 Å². The fraction of sp³-hybridized carbons (Fsp3) is 0.385. The second-order valence-corrected chi connectivity index (χ2v) is 5.22. The first-order valence-corrected chi connectivity index (χ1v) is 7.39. The Morgan fingerprint density at radius 2 is 1.75 bits per heavy atom. The van der Waals surface area contributed by atoms with Gasteiger partial charge in [-0.3, -0.25) is 9.59 Å². The van der Waals surface area contributed by atoms with Crippen molar-refractivity contribution in [1.29, 1.82) is 0 Å². The van der Waals surface area contributed by atoms with Gasteiger partial charge in [0.2, 0.25) is 5.91 Å². The van der Waals surface area contributed by atoms with Gasteiger partial charge >= 0.3 is 0 Å². The third-order valence-corrected chi connectivity index (χ3v) is 3.46. The highest BCUT2D eigenvalue weighted by atomic mass is 35.5. The van der Waals surface area contributed by atoms with Crippen molar-refractivity contribution in [3.8, 4) is 0 Å². The molecule has 1 aromatic rings. The molecule has 4 nitrogen and oxygen atoms in total. The highest BCUT2D eigenvalue weighted by Gasteiger charge is 2.07. The minimum atomic E-state index is -0.265. The van der Waals surface area contributed by atoms with E-state index in [4.69, 9.17) is 34.8 Å². The first-order chi connectivity index (χ1) is 9.54. The average Bonchev–Trinajstić information content (AvgIpc) is 2.44. The van der Waals surface area contributed by atoms with Gasteiger partial charge in [-0.1, -0.05) is 23.2 Å². The van der Waals surface area contributed by atoms with Crippen molar-refractivity contribution in [1.82, 2.24) is 10.6 Å². The number of nitrogens with one attached hydrogen (secondary N) is 2. The number of carbonyl (C=O) groups excluding carboxylic acids is 2. The summed E-state index contributed by atoms with van der Waals surface area (Å²) >= 11 is 17.1. The molecule has 1 rings (SSSR count). The number of rotatable bonds is 7. The monoisotopic (exact) mass is 336 g/mol. The molecule has 2 N–H and O–H groups in total. The smallest absolute Gasteiger partial charge is 0.251 e. The van der Waals surface area contributed by atoms with Gasteiger partial charge in [0.25, 0.3) is 5.91 Å². The molecule has 0 aliphatic rings. The fourth-order valence-corrected chi connectivity index (χ4v) is 1.86. The zero-order valence-electron chi connectivity index (χ0n) is 10.7. The molecule has 110 valence electrons. The molecule has 0 heterocycles. The Labute approximate surface area is 132 Å². The normalized spacial score (nSPS) is 10.2. The molecular formula is C13H15Cl3N2O2. The van der Waals surface area contributed by atoms with Crippen LogP contribution >= 0.6 is 34.8 Å². The number of benzene rings is 1. The molecule has 0 bridgehead atoms. The molecule has 0 aliphatic heterocycles. The number of carbonyl (C=O) groups is 2. The predicted molar refractivity (Wildman–Crippen MR) is 81.8 cm³/mol. The van der Waals surface area contributed by atoms with Gasteiger partial charge in [0, 0.05) is 31.0 Å². The summed E-state index contributed by atoms with van der Waals surface area (Å²) in [7, 11) is 0. The van der Waals surface area contributed by atoms with Gasteiger partial charge in [-0.2, -0.15) is 0 Å². The summed E-state index contributed by atoms with van der Waals surface area (Å²) in [5.74, 6) is 0.120. The van der Waals surface area contributed by atoms with Gasteiger partial charge < -0.3 is 10.6 Å². The summed E-state index contributed by atoms with van der Waals surface area (Å²) in [6, 6.07) is 4.65. The number of alkyl halides is 1. The van der Waals surface area contributed by atoms with Crippen molar-refractivity contribution < 1.29 is 9.59 Å². The lowest BCUT2D eigenvalue weighted by Crippen LogP contribution is -2.34. The maximum Gasteiger partial charge on any atom is 0.251 e. The predicted octanol–water partition coefficient (Wildman–Crippen LogP) is 2.86. The van der Waals surface area contributed by atoms with Gasteiger partial charge in [0.05, 0.1) is 10.0 Å². The zero-order chi connectivity index (χ0) is 15.0. The van der Waals surface area contributed by atoms with Crippen LogP contribution in [0.4, 0.5) is 0 Å². The molecule has 2 amide bonds. The lowest BCUT2D eigenvalue weighted by molar-refractivity contribution is -0.121. The van der Waals surface area contributed by atoms with E-state index in [1.165, 1.54) is 6.07 Å². The van der Waals surface area contributed by atoms with E-state index in [2.05, 4.69) is 10.6 Å². The molecule has 0 atom stereocenters. The summed E-state index contributed by atoms with van der Waals surface area (Å²) in [5.41, 5.74) is 0.424. The fourth-order valence-electron chi connectivity index (χ4n) is 1.43. The van der Waals surface area contributed by atoms with Crippen LogP contribution in [0.1, 0.15) is 23.2 Å². The summed E-state index contributed by atoms with van der Waals surface area (Å²) < 4.78 is 0. The number of hydrogen-bond donors (Lipinski definition) is 2. The van der Waals surface area contributed by atoms with Crippen LogP contribution in [-0.2, 0) is 4.79 Å². The molecule has 0 spiro atoms. The van der Waals surface area contributed by atoms with Crippen LogP contribution in [-0.4, -0.2) is 30.8 Å². The number of hydrogen-bond acceptors (Lipinski definition) is 2. The van der Waals surface area contributed by atoms with E-state index in [-0.39, 0.29) is 11.8 Å². The van der Waals surface area contributed by atoms with Crippen molar-refractivity contribution >= 4 is 46.6 Å².